The second kappa shape index (κ2) is 42.1. The van der Waals surface area contributed by atoms with Crippen molar-refractivity contribution in [3.63, 3.8) is 0 Å². The molecule has 1 saturated carbocycles. The summed E-state index contributed by atoms with van der Waals surface area (Å²) in [6, 6.07) is 93.9. The first kappa shape index (κ1) is 81.5. The lowest BCUT2D eigenvalue weighted by Gasteiger charge is -2.23. The highest BCUT2D eigenvalue weighted by molar-refractivity contribution is 6.12. The Kier molecular flexibility index (Phi) is 30.9. The average molecular weight is 1490 g/mol. The van der Waals surface area contributed by atoms with Crippen molar-refractivity contribution in [2.75, 3.05) is 0 Å². The van der Waals surface area contributed by atoms with Crippen molar-refractivity contribution >= 4 is 46.6 Å². The smallest absolute Gasteiger partial charge is 0.308 e. The zero-order valence-corrected chi connectivity index (χ0v) is 60.8. The van der Waals surface area contributed by atoms with Gasteiger partial charge in [-0.1, -0.05) is 219 Å². The monoisotopic (exact) mass is 1490 g/mol. The van der Waals surface area contributed by atoms with Crippen LogP contribution in [0.1, 0.15) is 148 Å². The minimum Gasteiger partial charge on any atom is -0.490 e. The van der Waals surface area contributed by atoms with E-state index in [1.807, 2.05) is 164 Å². The summed E-state index contributed by atoms with van der Waals surface area (Å²) in [5, 5.41) is 0. The summed E-state index contributed by atoms with van der Waals surface area (Å²) in [7, 11) is 0. The van der Waals surface area contributed by atoms with Gasteiger partial charge in [0.05, 0.1) is 11.7 Å². The second-order valence-electron chi connectivity index (χ2n) is 25.2. The fourth-order valence-electron chi connectivity index (χ4n) is 11.2. The van der Waals surface area contributed by atoms with Crippen molar-refractivity contribution < 1.29 is 74.9 Å². The number of alkyl halides is 2. The van der Waals surface area contributed by atoms with Gasteiger partial charge >= 0.3 is 11.9 Å². The highest BCUT2D eigenvalue weighted by atomic mass is 19.3. The molecule has 2 aliphatic rings. The van der Waals surface area contributed by atoms with Crippen molar-refractivity contribution in [2.45, 2.75) is 71.0 Å². The first-order valence-electron chi connectivity index (χ1n) is 35.7. The van der Waals surface area contributed by atoms with Crippen LogP contribution in [0.4, 0.5) is 17.6 Å². The molecule has 0 atom stereocenters. The lowest BCUT2D eigenvalue weighted by atomic mass is 9.97. The van der Waals surface area contributed by atoms with Crippen molar-refractivity contribution in [3.8, 4) is 23.0 Å². The molecule has 0 spiro atoms. The maximum Gasteiger partial charge on any atom is 0.308 e. The normalized spacial score (nSPS) is 12.2. The summed E-state index contributed by atoms with van der Waals surface area (Å²) >= 11 is 0. The largest absolute Gasteiger partial charge is 0.490 e. The molecule has 12 aromatic carbocycles. The molecule has 0 aromatic heterocycles. The summed E-state index contributed by atoms with van der Waals surface area (Å²) in [5.41, 5.74) is 7.33. The molecule has 0 heterocycles. The standard InChI is InChI=1S/C20H16O2.C19H20O2.2C15H12O3.C13H8F2O.C13H10F2O/c21-20(17-9-5-2-6-10-17)18-11-13-19(14-12-18)22-15-16-7-3-1-4-8-16;20-19(15-7-3-1-4-8-15)16-11-13-18(14-12-16)21-17-9-5-2-6-10-17;1-11(16)18-14-9-5-8-13(10-14)15(17)12-6-3-2-4-7-12;1-11(16)18-14-9-7-13(8-10-14)15(17)12-5-3-2-4-6-12;14-10-7-5-9(6-8-10)13(16)11-3-1-2-4-12(11)15;14-13(15)8-6-11(7-9-13)12(16)10-4-2-1-3-5-10/h1-14H,15H2;1,3-4,7-8,11-14,17H,2,5-6,9-10H2;2*2-10H,1H3;1-8H;1-8H,9H2. The van der Waals surface area contributed by atoms with Gasteiger partial charge in [0, 0.05) is 81.5 Å². The Morgan fingerprint density at radius 2 is 0.712 bits per heavy atom. The van der Waals surface area contributed by atoms with Crippen LogP contribution >= 0.6 is 0 Å². The molecule has 1 fully saturated rings. The summed E-state index contributed by atoms with van der Waals surface area (Å²) in [6.07, 6.45) is 9.33. The molecular weight excluding hydrogens is 1410 g/mol. The third-order valence-electron chi connectivity index (χ3n) is 16.8. The number of benzene rings is 12. The number of esters is 2. The van der Waals surface area contributed by atoms with E-state index in [1.165, 1.54) is 87.7 Å². The minimum atomic E-state index is -2.82. The predicted molar refractivity (Wildman–Crippen MR) is 420 cm³/mol. The van der Waals surface area contributed by atoms with Crippen LogP contribution in [0.2, 0.25) is 0 Å². The molecule has 558 valence electrons. The lowest BCUT2D eigenvalue weighted by Crippen LogP contribution is -2.19. The number of ether oxygens (including phenoxy) is 4. The first-order chi connectivity index (χ1) is 53.7. The fraction of sp³-hybridized carbons (Fsp3) is 0.116. The van der Waals surface area contributed by atoms with Crippen LogP contribution in [0.3, 0.4) is 0 Å². The van der Waals surface area contributed by atoms with Gasteiger partial charge in [-0.2, -0.15) is 0 Å². The third kappa shape index (κ3) is 26.4. The van der Waals surface area contributed by atoms with E-state index in [1.54, 1.807) is 121 Å². The van der Waals surface area contributed by atoms with Gasteiger partial charge in [0.1, 0.15) is 41.2 Å². The van der Waals surface area contributed by atoms with Gasteiger partial charge in [0.2, 0.25) is 0 Å². The number of carbonyl (C=O) groups excluding carboxylic acids is 8. The Labute approximate surface area is 641 Å². The number of hydrogen-bond donors (Lipinski definition) is 0. The zero-order chi connectivity index (χ0) is 78.7. The molecule has 0 N–H and O–H groups in total. The van der Waals surface area contributed by atoms with Crippen LogP contribution in [0.15, 0.2) is 351 Å². The fourth-order valence-corrected chi connectivity index (χ4v) is 11.2. The highest BCUT2D eigenvalue weighted by Crippen LogP contribution is 2.29. The summed E-state index contributed by atoms with van der Waals surface area (Å²) in [5.74, 6) is -2.88. The van der Waals surface area contributed by atoms with Gasteiger partial charge < -0.3 is 18.9 Å². The maximum absolute atomic E-state index is 13.3. The molecule has 0 radical (unpaired) electrons. The number of Topliss-reactive ketones (excluding diaryl/α,β-unsaturated/α-hetero) is 1. The summed E-state index contributed by atoms with van der Waals surface area (Å²) in [4.78, 5) is 94.1. The molecule has 0 bridgehead atoms. The highest BCUT2D eigenvalue weighted by Gasteiger charge is 2.28. The van der Waals surface area contributed by atoms with Crippen LogP contribution in [0, 0.1) is 11.6 Å². The Hall–Kier alpha value is -13.6. The van der Waals surface area contributed by atoms with Crippen molar-refractivity contribution in [1.29, 1.82) is 0 Å². The Bertz CT molecular complexity index is 5090. The summed E-state index contributed by atoms with van der Waals surface area (Å²) in [6.45, 7) is 3.18. The van der Waals surface area contributed by atoms with Gasteiger partial charge in [-0.3, -0.25) is 38.4 Å². The number of carbonyl (C=O) groups is 8. The molecule has 14 rings (SSSR count). The van der Waals surface area contributed by atoms with Crippen LogP contribution in [0.5, 0.6) is 23.0 Å². The molecule has 0 aliphatic heterocycles. The number of ketones is 6. The second-order valence-corrected chi connectivity index (χ2v) is 25.2. The van der Waals surface area contributed by atoms with Crippen molar-refractivity contribution in [2.24, 2.45) is 0 Å². The molecular formula is C95H78F4O12. The van der Waals surface area contributed by atoms with Crippen LogP contribution in [-0.4, -0.2) is 58.7 Å². The van der Waals surface area contributed by atoms with Gasteiger partial charge in [-0.05, 0) is 165 Å². The number of rotatable bonds is 19. The van der Waals surface area contributed by atoms with E-state index >= 15 is 0 Å². The van der Waals surface area contributed by atoms with Crippen molar-refractivity contribution in [1.82, 2.24) is 0 Å². The van der Waals surface area contributed by atoms with Gasteiger partial charge in [-0.15, -0.1) is 0 Å². The molecule has 12 aromatic rings. The van der Waals surface area contributed by atoms with E-state index in [2.05, 4.69) is 0 Å². The molecule has 0 amide bonds. The number of allylic oxidation sites excluding steroid dienone is 4. The van der Waals surface area contributed by atoms with E-state index in [-0.39, 0.29) is 46.0 Å². The van der Waals surface area contributed by atoms with E-state index in [0.29, 0.717) is 74.3 Å². The number of hydrogen-bond acceptors (Lipinski definition) is 12. The topological polar surface area (TPSA) is 173 Å². The summed E-state index contributed by atoms with van der Waals surface area (Å²) < 4.78 is 73.1. The third-order valence-corrected chi connectivity index (χ3v) is 16.8. The average Bonchev–Trinajstić information content (AvgIpc) is 0.866. The van der Waals surface area contributed by atoms with E-state index in [4.69, 9.17) is 18.9 Å². The molecule has 12 nitrogen and oxygen atoms in total. The van der Waals surface area contributed by atoms with Crippen LogP contribution in [0.25, 0.3) is 0 Å². The molecule has 0 unspecified atom stereocenters. The Morgan fingerprint density at radius 1 is 0.351 bits per heavy atom. The zero-order valence-electron chi connectivity index (χ0n) is 60.8. The number of halogens is 4. The van der Waals surface area contributed by atoms with Crippen LogP contribution < -0.4 is 18.9 Å². The minimum absolute atomic E-state index is 0.00546. The van der Waals surface area contributed by atoms with Gasteiger partial charge in [0.15, 0.2) is 34.7 Å². The first-order valence-corrected chi connectivity index (χ1v) is 35.7. The van der Waals surface area contributed by atoms with E-state index < -0.39 is 35.7 Å². The van der Waals surface area contributed by atoms with E-state index in [9.17, 15) is 55.9 Å². The van der Waals surface area contributed by atoms with Gasteiger partial charge in [-0.25, -0.2) is 17.6 Å². The molecule has 2 aliphatic carbocycles. The molecule has 0 saturated heterocycles. The Balaban J connectivity index is 0.000000154. The van der Waals surface area contributed by atoms with Crippen molar-refractivity contribution in [3.05, 3.63) is 430 Å². The molecule has 111 heavy (non-hydrogen) atoms. The van der Waals surface area contributed by atoms with Gasteiger partial charge in [0.25, 0.3) is 5.92 Å². The SMILES string of the molecule is CC(=O)Oc1ccc(C(=O)c2ccccc2)cc1.CC(=O)Oc1cccc(C(=O)c2ccccc2)c1.O=C(C1=CCC(F)(F)C=C1)c1ccccc1.O=C(c1ccc(F)cc1)c1ccccc1F.O=C(c1ccccc1)c1ccc(OC2CCCCC2)cc1.O=C(c1ccccc1)c1ccc(OCc2ccccc2)cc1. The quantitative estimate of drug-likeness (QED) is 0.0325. The maximum atomic E-state index is 13.3. The van der Waals surface area contributed by atoms with E-state index in [0.717, 1.165) is 41.5 Å². The Morgan fingerprint density at radius 3 is 1.14 bits per heavy atom. The van der Waals surface area contributed by atoms with Crippen LogP contribution in [-0.2, 0) is 16.2 Å². The molecule has 16 heteroatoms. The lowest BCUT2D eigenvalue weighted by molar-refractivity contribution is -0.132. The predicted octanol–water partition coefficient (Wildman–Crippen LogP) is 21.4.